The van der Waals surface area contributed by atoms with Gasteiger partial charge in [0.05, 0.1) is 0 Å². The fraction of sp³-hybridized carbons (Fsp3) is 1.00. The van der Waals surface area contributed by atoms with E-state index in [0.29, 0.717) is 5.54 Å². The summed E-state index contributed by atoms with van der Waals surface area (Å²) in [6, 6.07) is 0.728. The first kappa shape index (κ1) is 10.4. The van der Waals surface area contributed by atoms with Gasteiger partial charge in [-0.1, -0.05) is 6.92 Å². The molecule has 2 nitrogen and oxygen atoms in total. The van der Waals surface area contributed by atoms with Gasteiger partial charge in [0.15, 0.2) is 0 Å². The van der Waals surface area contributed by atoms with Gasteiger partial charge in [-0.15, -0.1) is 0 Å². The third-order valence-electron chi connectivity index (χ3n) is 4.05. The van der Waals surface area contributed by atoms with E-state index in [2.05, 4.69) is 31.0 Å². The van der Waals surface area contributed by atoms with E-state index in [9.17, 15) is 0 Å². The van der Waals surface area contributed by atoms with Crippen molar-refractivity contribution in [2.45, 2.75) is 51.6 Å². The molecule has 0 aromatic carbocycles. The molecule has 2 saturated heterocycles. The lowest BCUT2D eigenvalue weighted by atomic mass is 9.84. The van der Waals surface area contributed by atoms with Crippen LogP contribution in [0.15, 0.2) is 0 Å². The lowest BCUT2D eigenvalue weighted by Crippen LogP contribution is -2.51. The molecule has 2 heterocycles. The lowest BCUT2D eigenvalue weighted by molar-refractivity contribution is 0.119. The summed E-state index contributed by atoms with van der Waals surface area (Å²) >= 11 is 0. The molecule has 0 saturated carbocycles. The molecule has 1 atom stereocenters. The molecular formula is C12H24N2. The minimum Gasteiger partial charge on any atom is -0.311 e. The van der Waals surface area contributed by atoms with Crippen LogP contribution in [0, 0.1) is 5.92 Å². The van der Waals surface area contributed by atoms with Gasteiger partial charge in [0.2, 0.25) is 0 Å². The molecule has 2 aliphatic rings. The van der Waals surface area contributed by atoms with Crippen LogP contribution in [0.1, 0.15) is 40.0 Å². The number of rotatable bonds is 1. The smallest absolute Gasteiger partial charge is 0.0209 e. The Morgan fingerprint density at radius 3 is 2.36 bits per heavy atom. The summed E-state index contributed by atoms with van der Waals surface area (Å²) in [7, 11) is 0. The molecule has 1 N–H and O–H groups in total. The Hall–Kier alpha value is -0.0800. The molecule has 0 aliphatic carbocycles. The highest BCUT2D eigenvalue weighted by Gasteiger charge is 2.39. The molecule has 0 aromatic rings. The van der Waals surface area contributed by atoms with Gasteiger partial charge in [0.1, 0.15) is 0 Å². The fourth-order valence-corrected chi connectivity index (χ4v) is 3.05. The average molecular weight is 196 g/mol. The molecule has 1 spiro atoms. The van der Waals surface area contributed by atoms with E-state index in [-0.39, 0.29) is 0 Å². The molecule has 2 heteroatoms. The van der Waals surface area contributed by atoms with Gasteiger partial charge in [0.25, 0.3) is 0 Å². The van der Waals surface area contributed by atoms with Crippen molar-refractivity contribution in [2.24, 2.45) is 5.92 Å². The van der Waals surface area contributed by atoms with Crippen molar-refractivity contribution in [2.75, 3.05) is 19.6 Å². The first-order chi connectivity index (χ1) is 6.61. The topological polar surface area (TPSA) is 15.3 Å². The summed E-state index contributed by atoms with van der Waals surface area (Å²) in [5, 5.41) is 3.75. The van der Waals surface area contributed by atoms with Crippen molar-refractivity contribution in [1.29, 1.82) is 0 Å². The molecule has 2 aliphatic heterocycles. The standard InChI is InChI=1S/C12H24N2/c1-10(2)14-6-4-12(5-7-14)8-11(3)9-13-12/h10-11,13H,4-9H2,1-3H3. The SMILES string of the molecule is CC1CNC2(CCN(C(C)C)CC2)C1. The molecule has 0 amide bonds. The maximum absolute atomic E-state index is 3.75. The highest BCUT2D eigenvalue weighted by molar-refractivity contribution is 4.99. The third kappa shape index (κ3) is 1.96. The second-order valence-corrected chi connectivity index (χ2v) is 5.60. The van der Waals surface area contributed by atoms with Gasteiger partial charge >= 0.3 is 0 Å². The largest absolute Gasteiger partial charge is 0.311 e. The molecule has 2 rings (SSSR count). The van der Waals surface area contributed by atoms with Crippen LogP contribution in [-0.4, -0.2) is 36.1 Å². The maximum atomic E-state index is 3.75. The Morgan fingerprint density at radius 1 is 1.29 bits per heavy atom. The molecule has 0 radical (unpaired) electrons. The zero-order chi connectivity index (χ0) is 10.2. The van der Waals surface area contributed by atoms with Gasteiger partial charge < -0.3 is 10.2 Å². The summed E-state index contributed by atoms with van der Waals surface area (Å²) in [4.78, 5) is 2.61. The molecule has 82 valence electrons. The predicted octanol–water partition coefficient (Wildman–Crippen LogP) is 1.86. The first-order valence-electron chi connectivity index (χ1n) is 6.10. The van der Waals surface area contributed by atoms with E-state index < -0.39 is 0 Å². The summed E-state index contributed by atoms with van der Waals surface area (Å²) in [6.45, 7) is 10.8. The van der Waals surface area contributed by atoms with Crippen LogP contribution in [0.4, 0.5) is 0 Å². The first-order valence-corrected chi connectivity index (χ1v) is 6.10. The summed E-state index contributed by atoms with van der Waals surface area (Å²) in [6.07, 6.45) is 4.12. The van der Waals surface area contributed by atoms with Crippen molar-refractivity contribution in [3.8, 4) is 0 Å². The van der Waals surface area contributed by atoms with Crippen molar-refractivity contribution < 1.29 is 0 Å². The van der Waals surface area contributed by atoms with E-state index in [1.54, 1.807) is 0 Å². The predicted molar refractivity (Wildman–Crippen MR) is 60.5 cm³/mol. The minimum atomic E-state index is 0.519. The second kappa shape index (κ2) is 3.82. The normalized spacial score (nSPS) is 33.0. The Labute approximate surface area is 88.1 Å². The number of piperidine rings is 1. The van der Waals surface area contributed by atoms with Gasteiger partial charge in [-0.2, -0.15) is 0 Å². The summed E-state index contributed by atoms with van der Waals surface area (Å²) < 4.78 is 0. The van der Waals surface area contributed by atoms with E-state index >= 15 is 0 Å². The van der Waals surface area contributed by atoms with Crippen LogP contribution in [0.25, 0.3) is 0 Å². The van der Waals surface area contributed by atoms with Crippen LogP contribution in [-0.2, 0) is 0 Å². The second-order valence-electron chi connectivity index (χ2n) is 5.60. The highest BCUT2D eigenvalue weighted by atomic mass is 15.2. The number of hydrogen-bond acceptors (Lipinski definition) is 2. The quantitative estimate of drug-likeness (QED) is 0.688. The van der Waals surface area contributed by atoms with Crippen molar-refractivity contribution in [1.82, 2.24) is 10.2 Å². The van der Waals surface area contributed by atoms with Crippen LogP contribution < -0.4 is 5.32 Å². The van der Waals surface area contributed by atoms with Crippen molar-refractivity contribution in [3.63, 3.8) is 0 Å². The Bertz CT molecular complexity index is 192. The number of likely N-dealkylation sites (tertiary alicyclic amines) is 1. The van der Waals surface area contributed by atoms with Gasteiger partial charge in [-0.3, -0.25) is 0 Å². The zero-order valence-electron chi connectivity index (χ0n) is 9.84. The summed E-state index contributed by atoms with van der Waals surface area (Å²) in [5.74, 6) is 0.889. The zero-order valence-corrected chi connectivity index (χ0v) is 9.84. The molecular weight excluding hydrogens is 172 g/mol. The monoisotopic (exact) mass is 196 g/mol. The van der Waals surface area contributed by atoms with E-state index in [1.165, 1.54) is 38.9 Å². The third-order valence-corrected chi connectivity index (χ3v) is 4.05. The van der Waals surface area contributed by atoms with Crippen molar-refractivity contribution >= 4 is 0 Å². The summed E-state index contributed by atoms with van der Waals surface area (Å²) in [5.41, 5.74) is 0.519. The Morgan fingerprint density at radius 2 is 1.93 bits per heavy atom. The maximum Gasteiger partial charge on any atom is 0.0209 e. The molecule has 0 bridgehead atoms. The molecule has 1 unspecified atom stereocenters. The number of hydrogen-bond donors (Lipinski definition) is 1. The Kier molecular flexibility index (Phi) is 2.85. The van der Waals surface area contributed by atoms with E-state index in [1.807, 2.05) is 0 Å². The lowest BCUT2D eigenvalue weighted by Gasteiger charge is -2.41. The van der Waals surface area contributed by atoms with Crippen LogP contribution in [0.3, 0.4) is 0 Å². The number of nitrogens with zero attached hydrogens (tertiary/aromatic N) is 1. The Balaban J connectivity index is 1.89. The minimum absolute atomic E-state index is 0.519. The highest BCUT2D eigenvalue weighted by Crippen LogP contribution is 2.33. The van der Waals surface area contributed by atoms with Gasteiger partial charge in [-0.05, 0) is 45.6 Å². The molecule has 2 fully saturated rings. The van der Waals surface area contributed by atoms with Crippen LogP contribution >= 0.6 is 0 Å². The fourth-order valence-electron chi connectivity index (χ4n) is 3.05. The average Bonchev–Trinajstić information content (AvgIpc) is 2.48. The number of nitrogens with one attached hydrogen (secondary N) is 1. The molecule has 0 aromatic heterocycles. The van der Waals surface area contributed by atoms with Gasteiger partial charge in [0, 0.05) is 24.7 Å². The van der Waals surface area contributed by atoms with Crippen molar-refractivity contribution in [3.05, 3.63) is 0 Å². The van der Waals surface area contributed by atoms with Crippen LogP contribution in [0.5, 0.6) is 0 Å². The van der Waals surface area contributed by atoms with Gasteiger partial charge in [-0.25, -0.2) is 0 Å². The molecule has 14 heavy (non-hydrogen) atoms. The van der Waals surface area contributed by atoms with E-state index in [4.69, 9.17) is 0 Å². The van der Waals surface area contributed by atoms with E-state index in [0.717, 1.165) is 12.0 Å². The van der Waals surface area contributed by atoms with Crippen LogP contribution in [0.2, 0.25) is 0 Å².